The van der Waals surface area contributed by atoms with E-state index in [0.717, 1.165) is 11.1 Å². The minimum absolute atomic E-state index is 0.0758. The Hall–Kier alpha value is -2.84. The molecule has 2 aromatic rings. The van der Waals surface area contributed by atoms with Crippen molar-refractivity contribution in [2.45, 2.75) is 25.8 Å². The van der Waals surface area contributed by atoms with Gasteiger partial charge in [-0.15, -0.1) is 0 Å². The number of carbonyl (C=O) groups is 2. The predicted molar refractivity (Wildman–Crippen MR) is 96.9 cm³/mol. The van der Waals surface area contributed by atoms with E-state index in [4.69, 9.17) is 16.9 Å². The Bertz CT molecular complexity index is 782. The van der Waals surface area contributed by atoms with Gasteiger partial charge in [0.1, 0.15) is 6.42 Å². The fourth-order valence-corrected chi connectivity index (χ4v) is 2.38. The summed E-state index contributed by atoms with van der Waals surface area (Å²) >= 11 is 5.84. The number of hydrogen-bond acceptors (Lipinski definition) is 3. The summed E-state index contributed by atoms with van der Waals surface area (Å²) in [6.45, 7) is 0.308. The molecule has 0 radical (unpaired) electrons. The van der Waals surface area contributed by atoms with Crippen molar-refractivity contribution in [1.82, 2.24) is 5.32 Å². The summed E-state index contributed by atoms with van der Waals surface area (Å²) in [5.41, 5.74) is 2.43. The Morgan fingerprint density at radius 1 is 1.04 bits per heavy atom. The average molecular weight is 356 g/mol. The Balaban J connectivity index is 1.86. The maximum atomic E-state index is 12.0. The van der Waals surface area contributed by atoms with E-state index in [0.29, 0.717) is 30.1 Å². The van der Waals surface area contributed by atoms with Crippen LogP contribution in [0.4, 0.5) is 5.69 Å². The first-order valence-electron chi connectivity index (χ1n) is 7.84. The molecule has 0 spiro atoms. The number of nitrogens with one attached hydrogen (secondary N) is 2. The number of anilines is 1. The van der Waals surface area contributed by atoms with E-state index in [1.54, 1.807) is 30.3 Å². The highest BCUT2D eigenvalue weighted by Crippen LogP contribution is 2.15. The van der Waals surface area contributed by atoms with Crippen LogP contribution in [0, 0.1) is 11.3 Å². The molecule has 2 rings (SSSR count). The maximum Gasteiger partial charge on any atom is 0.238 e. The lowest BCUT2D eigenvalue weighted by atomic mass is 10.1. The molecule has 6 heteroatoms. The van der Waals surface area contributed by atoms with Crippen molar-refractivity contribution in [3.8, 4) is 6.07 Å². The van der Waals surface area contributed by atoms with Crippen molar-refractivity contribution < 1.29 is 9.59 Å². The van der Waals surface area contributed by atoms with Gasteiger partial charge in [-0.05, 0) is 35.7 Å². The fraction of sp³-hybridized carbons (Fsp3) is 0.211. The van der Waals surface area contributed by atoms with Gasteiger partial charge in [0.2, 0.25) is 11.8 Å². The number of aryl methyl sites for hydroxylation is 1. The molecule has 0 unspecified atom stereocenters. The molecule has 0 saturated carbocycles. The van der Waals surface area contributed by atoms with Gasteiger partial charge in [-0.2, -0.15) is 5.26 Å². The lowest BCUT2D eigenvalue weighted by molar-refractivity contribution is -0.121. The van der Waals surface area contributed by atoms with Crippen molar-refractivity contribution in [2.24, 2.45) is 0 Å². The third-order valence-corrected chi connectivity index (χ3v) is 3.81. The third-order valence-electron chi connectivity index (χ3n) is 3.56. The zero-order chi connectivity index (χ0) is 18.1. The Kier molecular flexibility index (Phi) is 7.00. The molecule has 128 valence electrons. The van der Waals surface area contributed by atoms with E-state index in [1.165, 1.54) is 0 Å². The molecule has 2 N–H and O–H groups in total. The summed E-state index contributed by atoms with van der Waals surface area (Å²) < 4.78 is 0. The molecule has 25 heavy (non-hydrogen) atoms. The van der Waals surface area contributed by atoms with Crippen LogP contribution in [-0.4, -0.2) is 11.8 Å². The molecule has 0 saturated heterocycles. The zero-order valence-electron chi connectivity index (χ0n) is 13.6. The van der Waals surface area contributed by atoms with Crippen LogP contribution in [0.2, 0.25) is 5.02 Å². The van der Waals surface area contributed by atoms with Gasteiger partial charge < -0.3 is 10.6 Å². The summed E-state index contributed by atoms with van der Waals surface area (Å²) in [5.74, 6) is -0.447. The van der Waals surface area contributed by atoms with Crippen LogP contribution < -0.4 is 10.6 Å². The first-order valence-corrected chi connectivity index (χ1v) is 8.22. The van der Waals surface area contributed by atoms with Crippen molar-refractivity contribution in [3.05, 3.63) is 64.7 Å². The van der Waals surface area contributed by atoms with Crippen LogP contribution in [0.15, 0.2) is 48.5 Å². The minimum atomic E-state index is -0.371. The van der Waals surface area contributed by atoms with E-state index < -0.39 is 0 Å². The first-order chi connectivity index (χ1) is 12.1. The van der Waals surface area contributed by atoms with Gasteiger partial charge in [0.05, 0.1) is 6.07 Å². The van der Waals surface area contributed by atoms with Gasteiger partial charge in [0.15, 0.2) is 0 Å². The van der Waals surface area contributed by atoms with Gasteiger partial charge in [-0.25, -0.2) is 0 Å². The molecule has 0 atom stereocenters. The quantitative estimate of drug-likeness (QED) is 0.798. The summed E-state index contributed by atoms with van der Waals surface area (Å²) in [5, 5.41) is 14.7. The number of benzene rings is 2. The van der Waals surface area contributed by atoms with Crippen LogP contribution in [0.5, 0.6) is 0 Å². The molecule has 0 aliphatic carbocycles. The van der Waals surface area contributed by atoms with Crippen LogP contribution in [0.1, 0.15) is 24.0 Å². The van der Waals surface area contributed by atoms with Gasteiger partial charge in [0.25, 0.3) is 0 Å². The average Bonchev–Trinajstić information content (AvgIpc) is 2.60. The third kappa shape index (κ3) is 6.28. The molecule has 2 aromatic carbocycles. The molecule has 0 fully saturated rings. The normalized spacial score (nSPS) is 9.92. The Labute approximate surface area is 151 Å². The molecule has 0 aromatic heterocycles. The Morgan fingerprint density at radius 2 is 1.76 bits per heavy atom. The molecule has 0 bridgehead atoms. The highest BCUT2D eigenvalue weighted by molar-refractivity contribution is 6.30. The van der Waals surface area contributed by atoms with E-state index in [2.05, 4.69) is 10.6 Å². The number of rotatable bonds is 7. The summed E-state index contributed by atoms with van der Waals surface area (Å²) in [7, 11) is 0. The van der Waals surface area contributed by atoms with Crippen LogP contribution in [-0.2, 0) is 22.6 Å². The zero-order valence-corrected chi connectivity index (χ0v) is 14.3. The predicted octanol–water partition coefficient (Wildman–Crippen LogP) is 3.44. The molecule has 0 heterocycles. The van der Waals surface area contributed by atoms with Gasteiger partial charge in [-0.3, -0.25) is 9.59 Å². The van der Waals surface area contributed by atoms with E-state index in [-0.39, 0.29) is 18.2 Å². The number of carbonyl (C=O) groups excluding carboxylic acids is 2. The highest BCUT2D eigenvalue weighted by Gasteiger charge is 2.08. The number of hydrogen-bond donors (Lipinski definition) is 2. The smallest absolute Gasteiger partial charge is 0.238 e. The van der Waals surface area contributed by atoms with E-state index in [1.807, 2.05) is 24.3 Å². The summed E-state index contributed by atoms with van der Waals surface area (Å²) in [6.07, 6.45) is 0.788. The van der Waals surface area contributed by atoms with Crippen molar-refractivity contribution >= 4 is 29.1 Å². The SMILES string of the molecule is N#CCC(=O)Nc1ccccc1CNC(=O)CCc1ccc(Cl)cc1. The Morgan fingerprint density at radius 3 is 2.48 bits per heavy atom. The van der Waals surface area contributed by atoms with Crippen molar-refractivity contribution in [1.29, 1.82) is 5.26 Å². The maximum absolute atomic E-state index is 12.0. The minimum Gasteiger partial charge on any atom is -0.352 e. The van der Waals surface area contributed by atoms with E-state index >= 15 is 0 Å². The molecular weight excluding hydrogens is 338 g/mol. The lowest BCUT2D eigenvalue weighted by Gasteiger charge is -2.11. The fourth-order valence-electron chi connectivity index (χ4n) is 2.25. The van der Waals surface area contributed by atoms with Crippen LogP contribution >= 0.6 is 11.6 Å². The second-order valence-corrected chi connectivity index (χ2v) is 5.88. The van der Waals surface area contributed by atoms with E-state index in [9.17, 15) is 9.59 Å². The number of nitriles is 1. The van der Waals surface area contributed by atoms with Crippen molar-refractivity contribution in [2.75, 3.05) is 5.32 Å². The standard InChI is InChI=1S/C19H18ClN3O2/c20-16-8-5-14(6-9-16)7-10-18(24)22-13-15-3-1-2-4-17(15)23-19(25)11-12-21/h1-6,8-9H,7,10-11,13H2,(H,22,24)(H,23,25). The second kappa shape index (κ2) is 9.45. The van der Waals surface area contributed by atoms with Gasteiger partial charge >= 0.3 is 0 Å². The second-order valence-electron chi connectivity index (χ2n) is 5.44. The highest BCUT2D eigenvalue weighted by atomic mass is 35.5. The first kappa shape index (κ1) is 18.5. The number of halogens is 1. The van der Waals surface area contributed by atoms with Crippen molar-refractivity contribution in [3.63, 3.8) is 0 Å². The van der Waals surface area contributed by atoms with Gasteiger partial charge in [-0.1, -0.05) is 41.9 Å². The number of para-hydroxylation sites is 1. The molecule has 5 nitrogen and oxygen atoms in total. The molecule has 0 aliphatic heterocycles. The topological polar surface area (TPSA) is 82.0 Å². The molecule has 0 aliphatic rings. The summed E-state index contributed by atoms with van der Waals surface area (Å²) in [6, 6.07) is 16.4. The van der Waals surface area contributed by atoms with Gasteiger partial charge in [0, 0.05) is 23.7 Å². The molecular formula is C19H18ClN3O2. The number of amides is 2. The molecule has 2 amide bonds. The summed E-state index contributed by atoms with van der Waals surface area (Å²) in [4.78, 5) is 23.6. The van der Waals surface area contributed by atoms with Crippen LogP contribution in [0.25, 0.3) is 0 Å². The number of nitrogens with zero attached hydrogens (tertiary/aromatic N) is 1. The van der Waals surface area contributed by atoms with Crippen LogP contribution in [0.3, 0.4) is 0 Å². The lowest BCUT2D eigenvalue weighted by Crippen LogP contribution is -2.24. The monoisotopic (exact) mass is 355 g/mol. The largest absolute Gasteiger partial charge is 0.352 e.